The van der Waals surface area contributed by atoms with Gasteiger partial charge in [-0.1, -0.05) is 6.07 Å². The normalized spacial score (nSPS) is 31.4. The Bertz CT molecular complexity index is 571. The monoisotopic (exact) mass is 327 g/mol. The summed E-state index contributed by atoms with van der Waals surface area (Å²) in [6.45, 7) is 3.96. The Kier molecular flexibility index (Phi) is 4.44. The molecular formula is C17H23F2NO3. The number of nitrogens with zero attached hydrogens (tertiary/aromatic N) is 1. The van der Waals surface area contributed by atoms with E-state index in [1.54, 1.807) is 13.0 Å². The van der Waals surface area contributed by atoms with Crippen LogP contribution in [-0.2, 0) is 11.3 Å². The molecule has 2 saturated heterocycles. The van der Waals surface area contributed by atoms with Crippen LogP contribution < -0.4 is 0 Å². The van der Waals surface area contributed by atoms with E-state index in [4.69, 9.17) is 4.74 Å². The number of ether oxygens (including phenoxy) is 1. The summed E-state index contributed by atoms with van der Waals surface area (Å²) in [6, 6.07) is 3.94. The predicted molar refractivity (Wildman–Crippen MR) is 80.8 cm³/mol. The summed E-state index contributed by atoms with van der Waals surface area (Å²) in [4.78, 5) is 2.12. The van der Waals surface area contributed by atoms with E-state index in [2.05, 4.69) is 4.90 Å². The van der Waals surface area contributed by atoms with E-state index >= 15 is 0 Å². The van der Waals surface area contributed by atoms with Gasteiger partial charge in [-0.05, 0) is 37.5 Å². The van der Waals surface area contributed by atoms with Crippen molar-refractivity contribution in [3.05, 3.63) is 35.4 Å². The minimum absolute atomic E-state index is 0.425. The highest BCUT2D eigenvalue weighted by Crippen LogP contribution is 2.39. The number of benzene rings is 1. The van der Waals surface area contributed by atoms with Crippen molar-refractivity contribution in [2.24, 2.45) is 0 Å². The molecule has 2 heterocycles. The zero-order valence-electron chi connectivity index (χ0n) is 13.3. The van der Waals surface area contributed by atoms with Crippen LogP contribution in [0.4, 0.5) is 8.78 Å². The average Bonchev–Trinajstić information content (AvgIpc) is 2.51. The second-order valence-electron chi connectivity index (χ2n) is 6.95. The van der Waals surface area contributed by atoms with Crippen molar-refractivity contribution in [1.82, 2.24) is 4.90 Å². The van der Waals surface area contributed by atoms with Gasteiger partial charge in [0.2, 0.25) is 0 Å². The van der Waals surface area contributed by atoms with E-state index in [-0.39, 0.29) is 0 Å². The van der Waals surface area contributed by atoms with Gasteiger partial charge in [0.05, 0.1) is 17.8 Å². The molecule has 6 heteroatoms. The van der Waals surface area contributed by atoms with Gasteiger partial charge >= 0.3 is 0 Å². The second kappa shape index (κ2) is 6.09. The molecule has 0 unspecified atom stereocenters. The van der Waals surface area contributed by atoms with Crippen molar-refractivity contribution >= 4 is 0 Å². The third-order valence-electron chi connectivity index (χ3n) is 5.18. The van der Waals surface area contributed by atoms with Crippen molar-refractivity contribution < 1.29 is 23.7 Å². The van der Waals surface area contributed by atoms with Gasteiger partial charge in [0.25, 0.3) is 0 Å². The molecule has 0 bridgehead atoms. The van der Waals surface area contributed by atoms with Crippen molar-refractivity contribution in [3.63, 3.8) is 0 Å². The van der Waals surface area contributed by atoms with Crippen LogP contribution in [0.5, 0.6) is 0 Å². The molecule has 1 aromatic carbocycles. The van der Waals surface area contributed by atoms with Gasteiger partial charge < -0.3 is 14.9 Å². The van der Waals surface area contributed by atoms with Crippen LogP contribution in [0.25, 0.3) is 0 Å². The largest absolute Gasteiger partial charge is 0.387 e. The molecule has 2 aliphatic heterocycles. The Balaban J connectivity index is 1.63. The van der Waals surface area contributed by atoms with Gasteiger partial charge in [0.15, 0.2) is 11.6 Å². The highest BCUT2D eigenvalue weighted by Gasteiger charge is 2.52. The zero-order chi connectivity index (χ0) is 16.7. The molecule has 23 heavy (non-hydrogen) atoms. The predicted octanol–water partition coefficient (Wildman–Crippen LogP) is 1.83. The Morgan fingerprint density at radius 2 is 1.91 bits per heavy atom. The zero-order valence-corrected chi connectivity index (χ0v) is 13.3. The van der Waals surface area contributed by atoms with E-state index in [1.165, 1.54) is 6.07 Å². The first kappa shape index (κ1) is 16.8. The fraction of sp³-hybridized carbons (Fsp3) is 0.647. The molecule has 0 aliphatic carbocycles. The number of hydrogen-bond acceptors (Lipinski definition) is 4. The smallest absolute Gasteiger partial charge is 0.159 e. The summed E-state index contributed by atoms with van der Waals surface area (Å²) in [6.07, 6.45) is 0.727. The summed E-state index contributed by atoms with van der Waals surface area (Å²) in [5.74, 6) is -1.68. The molecule has 0 aromatic heterocycles. The third kappa shape index (κ3) is 3.26. The van der Waals surface area contributed by atoms with Gasteiger partial charge in [-0.3, -0.25) is 4.90 Å². The first-order chi connectivity index (χ1) is 10.8. The lowest BCUT2D eigenvalue weighted by Gasteiger charge is -2.51. The molecular weight excluding hydrogens is 304 g/mol. The standard InChI is InChI=1S/C17H23F2NO3/c1-16(22)6-9-23-17(15(16)21)4-7-20(8-5-17)11-12-2-3-13(18)14(19)10-12/h2-3,10,15,21-22H,4-9,11H2,1H3/t15-,16+/m0/s1. The highest BCUT2D eigenvalue weighted by atomic mass is 19.2. The lowest BCUT2D eigenvalue weighted by Crippen LogP contribution is -2.64. The maximum absolute atomic E-state index is 13.3. The average molecular weight is 327 g/mol. The molecule has 1 aromatic rings. The van der Waals surface area contributed by atoms with Gasteiger partial charge in [-0.25, -0.2) is 8.78 Å². The molecule has 3 rings (SSSR count). The summed E-state index contributed by atoms with van der Waals surface area (Å²) in [7, 11) is 0. The van der Waals surface area contributed by atoms with Crippen LogP contribution in [0.15, 0.2) is 18.2 Å². The molecule has 128 valence electrons. The molecule has 2 atom stereocenters. The van der Waals surface area contributed by atoms with Crippen molar-refractivity contribution in [3.8, 4) is 0 Å². The Morgan fingerprint density at radius 1 is 1.22 bits per heavy atom. The lowest BCUT2D eigenvalue weighted by molar-refractivity contribution is -0.246. The number of halogens is 2. The first-order valence-electron chi connectivity index (χ1n) is 8.03. The molecule has 0 amide bonds. The fourth-order valence-electron chi connectivity index (χ4n) is 3.65. The lowest BCUT2D eigenvalue weighted by atomic mass is 9.75. The van der Waals surface area contributed by atoms with Crippen molar-refractivity contribution in [2.45, 2.75) is 50.0 Å². The van der Waals surface area contributed by atoms with E-state index in [0.717, 1.165) is 11.6 Å². The molecule has 2 N–H and O–H groups in total. The molecule has 4 nitrogen and oxygen atoms in total. The number of aliphatic hydroxyl groups excluding tert-OH is 1. The van der Waals surface area contributed by atoms with Crippen LogP contribution in [0.2, 0.25) is 0 Å². The summed E-state index contributed by atoms with van der Waals surface area (Å²) in [5, 5.41) is 20.8. The molecule has 2 aliphatic rings. The molecule has 0 radical (unpaired) electrons. The minimum Gasteiger partial charge on any atom is -0.387 e. The van der Waals surface area contributed by atoms with Crippen molar-refractivity contribution in [2.75, 3.05) is 19.7 Å². The van der Waals surface area contributed by atoms with E-state index in [9.17, 15) is 19.0 Å². The van der Waals surface area contributed by atoms with E-state index < -0.39 is 28.9 Å². The molecule has 0 saturated carbocycles. The van der Waals surface area contributed by atoms with Crippen LogP contribution in [-0.4, -0.2) is 52.1 Å². The summed E-state index contributed by atoms with van der Waals surface area (Å²) in [5.41, 5.74) is -1.11. The number of rotatable bonds is 2. The SMILES string of the molecule is C[C@@]1(O)CCOC2(CCN(Cc3ccc(F)c(F)c3)CC2)[C@H]1O. The fourth-order valence-corrected chi connectivity index (χ4v) is 3.65. The van der Waals surface area contributed by atoms with Gasteiger partial charge in [-0.15, -0.1) is 0 Å². The minimum atomic E-state index is -1.12. The van der Waals surface area contributed by atoms with Gasteiger partial charge in [-0.2, -0.15) is 0 Å². The van der Waals surface area contributed by atoms with Crippen LogP contribution in [0.3, 0.4) is 0 Å². The van der Waals surface area contributed by atoms with Gasteiger partial charge in [0, 0.05) is 26.1 Å². The number of likely N-dealkylation sites (tertiary alicyclic amines) is 1. The molecule has 2 fully saturated rings. The van der Waals surface area contributed by atoms with Gasteiger partial charge in [0.1, 0.15) is 6.10 Å². The second-order valence-corrected chi connectivity index (χ2v) is 6.95. The van der Waals surface area contributed by atoms with E-state index in [1.807, 2.05) is 0 Å². The molecule has 1 spiro atoms. The summed E-state index contributed by atoms with van der Waals surface area (Å²) >= 11 is 0. The number of piperidine rings is 1. The third-order valence-corrected chi connectivity index (χ3v) is 5.18. The summed E-state index contributed by atoms with van der Waals surface area (Å²) < 4.78 is 32.1. The van der Waals surface area contributed by atoms with E-state index in [0.29, 0.717) is 45.5 Å². The van der Waals surface area contributed by atoms with Crippen LogP contribution >= 0.6 is 0 Å². The Morgan fingerprint density at radius 3 is 2.57 bits per heavy atom. The Labute approximate surface area is 134 Å². The van der Waals surface area contributed by atoms with Crippen LogP contribution in [0.1, 0.15) is 31.7 Å². The highest BCUT2D eigenvalue weighted by molar-refractivity contribution is 5.18. The number of hydrogen-bond donors (Lipinski definition) is 2. The first-order valence-corrected chi connectivity index (χ1v) is 8.03. The topological polar surface area (TPSA) is 52.9 Å². The Hall–Kier alpha value is -1.08. The maximum atomic E-state index is 13.3. The maximum Gasteiger partial charge on any atom is 0.159 e. The van der Waals surface area contributed by atoms with Crippen LogP contribution in [0, 0.1) is 11.6 Å². The van der Waals surface area contributed by atoms with Crippen molar-refractivity contribution in [1.29, 1.82) is 0 Å². The quantitative estimate of drug-likeness (QED) is 0.870. The number of aliphatic hydroxyl groups is 2.